The Labute approximate surface area is 230 Å². The summed E-state index contributed by atoms with van der Waals surface area (Å²) in [5.41, 5.74) is 2.73. The van der Waals surface area contributed by atoms with Crippen LogP contribution in [0.25, 0.3) is 0 Å². The second-order valence-electron chi connectivity index (χ2n) is 8.45. The van der Waals surface area contributed by atoms with E-state index < -0.39 is 11.9 Å². The SMILES string of the molecule is CC(=O)Nc1cc(C(=O)[O-])ccc1C.CC(=O)Nc1cc(C(=O)[O-])ccc1C.CCC[CH2][Sn+2][CH2]CCC. The number of carbonyl (C=O) groups is 4. The van der Waals surface area contributed by atoms with Gasteiger partial charge in [0.25, 0.3) is 0 Å². The van der Waals surface area contributed by atoms with Crippen LogP contribution in [0.5, 0.6) is 0 Å². The van der Waals surface area contributed by atoms with Gasteiger partial charge in [0.15, 0.2) is 0 Å². The fraction of sp³-hybridized carbons (Fsp3) is 0.429. The average Bonchev–Trinajstić information content (AvgIpc) is 2.82. The number of anilines is 2. The number of carboxylic acid groups (broad SMARTS) is 2. The fourth-order valence-electron chi connectivity index (χ4n) is 2.88. The van der Waals surface area contributed by atoms with Crippen molar-refractivity contribution in [1.82, 2.24) is 0 Å². The molecule has 0 radical (unpaired) electrons. The van der Waals surface area contributed by atoms with Gasteiger partial charge in [-0.05, 0) is 48.2 Å². The van der Waals surface area contributed by atoms with Gasteiger partial charge < -0.3 is 30.4 Å². The molecule has 9 heteroatoms. The number of hydrogen-bond donors (Lipinski definition) is 2. The molecule has 0 atom stereocenters. The van der Waals surface area contributed by atoms with Crippen molar-refractivity contribution in [3.05, 3.63) is 58.7 Å². The van der Waals surface area contributed by atoms with Gasteiger partial charge in [-0.25, -0.2) is 0 Å². The van der Waals surface area contributed by atoms with Crippen LogP contribution in [-0.4, -0.2) is 44.9 Å². The molecule has 8 nitrogen and oxygen atoms in total. The van der Waals surface area contributed by atoms with Crippen LogP contribution in [0.3, 0.4) is 0 Å². The molecule has 2 rings (SSSR count). The maximum absolute atomic E-state index is 10.8. The Bertz CT molecular complexity index is 958. The first-order valence-corrected chi connectivity index (χ1v) is 16.4. The number of unbranched alkanes of at least 4 members (excludes halogenated alkanes) is 2. The summed E-state index contributed by atoms with van der Waals surface area (Å²) in [6, 6.07) is 8.89. The van der Waals surface area contributed by atoms with Crippen LogP contribution in [0.4, 0.5) is 11.4 Å². The van der Waals surface area contributed by atoms with Crippen molar-refractivity contribution < 1.29 is 29.4 Å². The van der Waals surface area contributed by atoms with Crippen LogP contribution >= 0.6 is 0 Å². The Morgan fingerprint density at radius 1 is 0.703 bits per heavy atom. The minimum absolute atomic E-state index is 0.0550. The third-order valence-electron chi connectivity index (χ3n) is 4.98. The number of carboxylic acids is 2. The van der Waals surface area contributed by atoms with Crippen LogP contribution in [0.15, 0.2) is 36.4 Å². The monoisotopic (exact) mass is 618 g/mol. The van der Waals surface area contributed by atoms with Crippen LogP contribution in [-0.2, 0) is 9.59 Å². The molecule has 0 fully saturated rings. The molecule has 0 saturated heterocycles. The molecule has 0 saturated carbocycles. The van der Waals surface area contributed by atoms with Crippen molar-refractivity contribution in [1.29, 1.82) is 0 Å². The number of hydrogen-bond acceptors (Lipinski definition) is 6. The van der Waals surface area contributed by atoms with Gasteiger partial charge in [0.05, 0.1) is 11.9 Å². The van der Waals surface area contributed by atoms with Crippen molar-refractivity contribution in [2.45, 2.75) is 76.1 Å². The van der Waals surface area contributed by atoms with Gasteiger partial charge in [-0.3, -0.25) is 9.59 Å². The summed E-state index contributed by atoms with van der Waals surface area (Å²) in [4.78, 5) is 42.6. The molecule has 2 aromatic carbocycles. The van der Waals surface area contributed by atoms with Crippen molar-refractivity contribution >= 4 is 56.3 Å². The molecule has 0 aliphatic carbocycles. The van der Waals surface area contributed by atoms with Gasteiger partial charge in [0, 0.05) is 25.2 Å². The van der Waals surface area contributed by atoms with Crippen LogP contribution in [0.1, 0.15) is 85.2 Å². The van der Waals surface area contributed by atoms with Gasteiger partial charge in [0.2, 0.25) is 11.8 Å². The van der Waals surface area contributed by atoms with Gasteiger partial charge in [-0.2, -0.15) is 0 Å². The first-order valence-electron chi connectivity index (χ1n) is 12.3. The summed E-state index contributed by atoms with van der Waals surface area (Å²) in [6.45, 7) is 10.9. The van der Waals surface area contributed by atoms with Crippen molar-refractivity contribution in [3.8, 4) is 0 Å². The van der Waals surface area contributed by atoms with Crippen LogP contribution in [0, 0.1) is 13.8 Å². The Kier molecular flexibility index (Phi) is 17.8. The average molecular weight is 617 g/mol. The zero-order valence-electron chi connectivity index (χ0n) is 22.7. The summed E-state index contributed by atoms with van der Waals surface area (Å²) in [5, 5.41) is 26.1. The molecule has 2 amide bonds. The van der Waals surface area contributed by atoms with Gasteiger partial charge in [-0.15, -0.1) is 0 Å². The molecule has 0 bridgehead atoms. The molecule has 0 spiro atoms. The molecule has 0 aliphatic rings. The zero-order chi connectivity index (χ0) is 28.4. The Morgan fingerprint density at radius 3 is 1.32 bits per heavy atom. The Hall–Kier alpha value is -2.88. The second-order valence-corrected chi connectivity index (χ2v) is 12.7. The molecule has 2 aromatic rings. The van der Waals surface area contributed by atoms with Crippen molar-refractivity contribution in [2.75, 3.05) is 10.6 Å². The standard InChI is InChI=1S/2C10H11NO3.2C4H9.Sn/c2*1-6-3-4-8(10(13)14)5-9(6)11-7(2)12;2*1-3-4-2;/h2*3-5H,1-2H3,(H,11,12)(H,13,14);2*1,3-4H2,2H3;/q;;;;+2/p-2. The predicted molar refractivity (Wildman–Crippen MR) is 145 cm³/mol. The second kappa shape index (κ2) is 19.3. The number of aryl methyl sites for hydroxylation is 2. The first-order chi connectivity index (χ1) is 17.4. The minimum atomic E-state index is -1.25. The van der Waals surface area contributed by atoms with E-state index in [4.69, 9.17) is 0 Å². The zero-order valence-corrected chi connectivity index (χ0v) is 25.5. The van der Waals surface area contributed by atoms with E-state index in [9.17, 15) is 29.4 Å². The fourth-order valence-corrected chi connectivity index (χ4v) is 7.03. The van der Waals surface area contributed by atoms with E-state index in [-0.39, 0.29) is 44.1 Å². The maximum atomic E-state index is 10.8. The van der Waals surface area contributed by atoms with Gasteiger partial charge in [-0.1, -0.05) is 24.3 Å². The molecular formula is C28H38N2O6Sn. The normalized spacial score (nSPS) is 9.46. The molecule has 0 aliphatic heterocycles. The quantitative estimate of drug-likeness (QED) is 0.308. The van der Waals surface area contributed by atoms with Crippen LogP contribution in [0.2, 0.25) is 8.87 Å². The van der Waals surface area contributed by atoms with E-state index in [1.165, 1.54) is 63.8 Å². The number of aromatic carboxylic acids is 2. The first kappa shape index (κ1) is 34.1. The molecule has 0 unspecified atom stereocenters. The summed E-state index contributed by atoms with van der Waals surface area (Å²) in [6.07, 6.45) is 5.84. The van der Waals surface area contributed by atoms with E-state index in [1.807, 2.05) is 0 Å². The summed E-state index contributed by atoms with van der Waals surface area (Å²) in [7, 11) is 0. The third kappa shape index (κ3) is 15.8. The number of carbonyl (C=O) groups excluding carboxylic acids is 4. The number of benzene rings is 2. The third-order valence-corrected chi connectivity index (χ3v) is 9.02. The van der Waals surface area contributed by atoms with Gasteiger partial charge in [0.1, 0.15) is 0 Å². The molecule has 37 heavy (non-hydrogen) atoms. The van der Waals surface area contributed by atoms with E-state index in [0.29, 0.717) is 11.4 Å². The molecule has 0 heterocycles. The van der Waals surface area contributed by atoms with Gasteiger partial charge >= 0.3 is 69.5 Å². The topological polar surface area (TPSA) is 138 Å². The number of amides is 2. The summed E-state index contributed by atoms with van der Waals surface area (Å²) < 4.78 is 3.25. The summed E-state index contributed by atoms with van der Waals surface area (Å²) in [5.74, 6) is -2.97. The summed E-state index contributed by atoms with van der Waals surface area (Å²) >= 11 is 0.149. The number of nitrogens with one attached hydrogen (secondary N) is 2. The molecule has 0 aromatic heterocycles. The van der Waals surface area contributed by atoms with Crippen molar-refractivity contribution in [3.63, 3.8) is 0 Å². The Morgan fingerprint density at radius 2 is 1.05 bits per heavy atom. The number of rotatable bonds is 10. The van der Waals surface area contributed by atoms with E-state index in [2.05, 4.69) is 24.5 Å². The molecular weight excluding hydrogens is 579 g/mol. The van der Waals surface area contributed by atoms with E-state index >= 15 is 0 Å². The molecule has 200 valence electrons. The van der Waals surface area contributed by atoms with Crippen molar-refractivity contribution in [2.24, 2.45) is 0 Å². The Balaban J connectivity index is 0.000000541. The predicted octanol–water partition coefficient (Wildman–Crippen LogP) is 3.76. The van der Waals surface area contributed by atoms with E-state index in [0.717, 1.165) is 11.1 Å². The van der Waals surface area contributed by atoms with Crippen LogP contribution < -0.4 is 20.8 Å². The van der Waals surface area contributed by atoms with E-state index in [1.54, 1.807) is 34.9 Å². The molecule has 2 N–H and O–H groups in total.